The number of amides is 6. The van der Waals surface area contributed by atoms with Crippen LogP contribution >= 0.6 is 0 Å². The van der Waals surface area contributed by atoms with Crippen LogP contribution in [0.15, 0.2) is 108 Å². The highest BCUT2D eigenvalue weighted by atomic mass is 16.6. The van der Waals surface area contributed by atoms with Crippen molar-refractivity contribution in [3.05, 3.63) is 153 Å². The van der Waals surface area contributed by atoms with Crippen molar-refractivity contribution in [2.75, 3.05) is 47.6 Å². The number of hydrogen-bond donors (Lipinski definition) is 7. The zero-order valence-corrected chi connectivity index (χ0v) is 60.5. The molecule has 538 valence electrons. The van der Waals surface area contributed by atoms with Crippen LogP contribution in [0, 0.1) is 13.8 Å². The molecular formula is C75H104N10O14. The Labute approximate surface area is 583 Å². The van der Waals surface area contributed by atoms with Gasteiger partial charge in [-0.2, -0.15) is 0 Å². The monoisotopic (exact) mass is 1370 g/mol. The number of carbonyl (C=O) groups is 7. The lowest BCUT2D eigenvalue weighted by Crippen LogP contribution is -2.61. The number of unbranched alkanes of at least 4 members (excludes halogenated alkanes) is 1. The Kier molecular flexibility index (Phi) is 31.1. The maximum absolute atomic E-state index is 15.6. The summed E-state index contributed by atoms with van der Waals surface area (Å²) in [6.07, 6.45) is 1.41. The minimum Gasteiger partial charge on any atom is -0.497 e. The third-order valence-electron chi connectivity index (χ3n) is 15.6. The van der Waals surface area contributed by atoms with Crippen molar-refractivity contribution in [2.24, 2.45) is 10.8 Å². The molecule has 5 aromatic rings. The van der Waals surface area contributed by atoms with Crippen LogP contribution in [-0.2, 0) is 67.0 Å². The number of azide groups is 1. The Bertz CT molecular complexity index is 3540. The van der Waals surface area contributed by atoms with E-state index in [1.807, 2.05) is 84.0 Å². The number of aryl methyl sites for hydroxylation is 4. The SMILES string of the molecule is CCc1cc(OCCCCN=[N+]=[N-])ccc1-c1ccc(C[C@H](NC(=O)[C@H](CC(=O)OC(C)(C)C)NC(=O)[C@H](COC(C)(C)C)NC(=O)[C@@H](N)[C@@H](C)OC(C)(C)C)C(=O)N[C@@H](CCCc2cc(C)cc(C)c2)C(=O)NC(c2ccc(OCC(=O)NC)cc2)c2ccc(OC)cc2OC)cc1. The van der Waals surface area contributed by atoms with Crippen LogP contribution in [0.1, 0.15) is 153 Å². The minimum atomic E-state index is -1.73. The lowest BCUT2D eigenvalue weighted by Gasteiger charge is -2.31. The molecule has 0 saturated carbocycles. The van der Waals surface area contributed by atoms with E-state index in [4.69, 9.17) is 44.4 Å². The summed E-state index contributed by atoms with van der Waals surface area (Å²) < 4.78 is 40.9. The van der Waals surface area contributed by atoms with Gasteiger partial charge in [0.25, 0.3) is 5.91 Å². The molecule has 7 atom stereocenters. The fraction of sp³-hybridized carbons (Fsp3) is 0.507. The Morgan fingerprint density at radius 1 is 0.616 bits per heavy atom. The summed E-state index contributed by atoms with van der Waals surface area (Å²) in [5.41, 5.74) is 20.2. The Morgan fingerprint density at radius 2 is 1.22 bits per heavy atom. The van der Waals surface area contributed by atoms with Crippen LogP contribution < -0.4 is 56.6 Å². The quantitative estimate of drug-likeness (QED) is 0.00640. The van der Waals surface area contributed by atoms with Crippen LogP contribution in [0.4, 0.5) is 0 Å². The van der Waals surface area contributed by atoms with E-state index >= 15 is 14.4 Å². The molecule has 0 aliphatic carbocycles. The summed E-state index contributed by atoms with van der Waals surface area (Å²) in [6, 6.07) is 23.3. The second-order valence-corrected chi connectivity index (χ2v) is 27.5. The van der Waals surface area contributed by atoms with Gasteiger partial charge in [-0.05, 0) is 197 Å². The van der Waals surface area contributed by atoms with Gasteiger partial charge < -0.3 is 70.8 Å². The van der Waals surface area contributed by atoms with Crippen molar-refractivity contribution in [1.82, 2.24) is 31.9 Å². The molecule has 24 nitrogen and oxygen atoms in total. The number of nitrogens with two attached hydrogens (primary N) is 1. The van der Waals surface area contributed by atoms with E-state index in [1.54, 1.807) is 90.9 Å². The largest absolute Gasteiger partial charge is 0.497 e. The predicted molar refractivity (Wildman–Crippen MR) is 380 cm³/mol. The van der Waals surface area contributed by atoms with Crippen LogP contribution in [0.2, 0.25) is 0 Å². The molecule has 0 aromatic heterocycles. The lowest BCUT2D eigenvalue weighted by atomic mass is 9.95. The van der Waals surface area contributed by atoms with E-state index in [1.165, 1.54) is 21.3 Å². The van der Waals surface area contributed by atoms with Gasteiger partial charge in [0.2, 0.25) is 29.5 Å². The fourth-order valence-electron chi connectivity index (χ4n) is 10.8. The highest BCUT2D eigenvalue weighted by Gasteiger charge is 2.37. The first-order valence-electron chi connectivity index (χ1n) is 33.6. The summed E-state index contributed by atoms with van der Waals surface area (Å²) in [5.74, 6) is -3.32. The van der Waals surface area contributed by atoms with Gasteiger partial charge in [-0.15, -0.1) is 0 Å². The maximum atomic E-state index is 15.6. The second kappa shape index (κ2) is 38.2. The van der Waals surface area contributed by atoms with Gasteiger partial charge in [0.1, 0.15) is 58.8 Å². The number of benzene rings is 5. The van der Waals surface area contributed by atoms with Gasteiger partial charge in [0, 0.05) is 36.6 Å². The lowest BCUT2D eigenvalue weighted by molar-refractivity contribution is -0.157. The summed E-state index contributed by atoms with van der Waals surface area (Å²) in [6.45, 7) is 23.5. The zero-order chi connectivity index (χ0) is 73.2. The van der Waals surface area contributed by atoms with Crippen molar-refractivity contribution in [2.45, 2.75) is 201 Å². The van der Waals surface area contributed by atoms with Crippen LogP contribution in [0.25, 0.3) is 21.6 Å². The molecule has 6 amide bonds. The van der Waals surface area contributed by atoms with Crippen molar-refractivity contribution in [1.29, 1.82) is 0 Å². The molecule has 0 radical (unpaired) electrons. The Balaban J connectivity index is 1.62. The zero-order valence-electron chi connectivity index (χ0n) is 60.5. The van der Waals surface area contributed by atoms with Gasteiger partial charge in [-0.3, -0.25) is 33.6 Å². The van der Waals surface area contributed by atoms with Gasteiger partial charge >= 0.3 is 5.97 Å². The number of hydrogen-bond acceptors (Lipinski definition) is 16. The molecule has 0 bridgehead atoms. The number of carbonyl (C=O) groups excluding carboxylic acids is 7. The molecule has 99 heavy (non-hydrogen) atoms. The molecule has 0 saturated heterocycles. The molecule has 8 N–H and O–H groups in total. The highest BCUT2D eigenvalue weighted by molar-refractivity contribution is 5.97. The third-order valence-corrected chi connectivity index (χ3v) is 15.6. The summed E-state index contributed by atoms with van der Waals surface area (Å²) >= 11 is 0. The smallest absolute Gasteiger partial charge is 0.308 e. The summed E-state index contributed by atoms with van der Waals surface area (Å²) in [4.78, 5) is 104. The molecule has 0 aliphatic heterocycles. The number of likely N-dealkylation sites (N-methyl/N-ethyl adjacent to an activating group) is 1. The van der Waals surface area contributed by atoms with Crippen molar-refractivity contribution >= 4 is 41.4 Å². The van der Waals surface area contributed by atoms with Gasteiger partial charge in [-0.1, -0.05) is 83.8 Å². The highest BCUT2D eigenvalue weighted by Crippen LogP contribution is 2.35. The van der Waals surface area contributed by atoms with Crippen LogP contribution in [0.5, 0.6) is 23.0 Å². The second-order valence-electron chi connectivity index (χ2n) is 27.5. The normalized spacial score (nSPS) is 13.7. The molecule has 0 aliphatic rings. The number of esters is 1. The number of ether oxygens (including phenoxy) is 7. The molecule has 0 fully saturated rings. The number of nitrogens with one attached hydrogen (secondary N) is 6. The molecule has 0 spiro atoms. The third kappa shape index (κ3) is 27.6. The van der Waals surface area contributed by atoms with E-state index in [0.717, 1.165) is 33.4 Å². The number of rotatable bonds is 37. The Hall–Kier alpha value is -9.22. The summed E-state index contributed by atoms with van der Waals surface area (Å²) in [7, 11) is 4.51. The first kappa shape index (κ1) is 80.5. The topological polar surface area (TPSA) is 331 Å². The van der Waals surface area contributed by atoms with Crippen molar-refractivity contribution in [3.63, 3.8) is 0 Å². The standard InChI is InChI=1S/C75H104N10O14/c1-17-51-41-56(95-36-19-18-35-79-85-77)32-33-57(51)52-25-23-49(24-26-52)40-60(81-70(90)61(43-65(87)99-75(11,12)13)82-71(91)62(44-97-73(5,6)7)83-72(92)66(76)48(4)98-74(8,9)10)69(89)80-59(22-20-21-50-38-46(2)37-47(3)39-50)68(88)84-67(58-34-31-55(93-15)42-63(58)94-16)53-27-29-54(30-28-53)96-45-64(86)78-14/h23-34,37-39,41-42,48,59-62,66-67H,17-22,35-36,40,43-45,76H2,1-16H3,(H,78,86)(H,80,89)(H,81,90)(H,82,91)(H,83,92)(H,84,88)/t48-,59+,60+,61+,62+,66+,67?/m1/s1. The Morgan fingerprint density at radius 3 is 1.83 bits per heavy atom. The van der Waals surface area contributed by atoms with Gasteiger partial charge in [0.15, 0.2) is 6.61 Å². The average molecular weight is 1370 g/mol. The van der Waals surface area contributed by atoms with E-state index in [0.29, 0.717) is 84.9 Å². The predicted octanol–water partition coefficient (Wildman–Crippen LogP) is 9.63. The number of methoxy groups -OCH3 is 2. The van der Waals surface area contributed by atoms with Crippen molar-refractivity contribution in [3.8, 4) is 34.1 Å². The minimum absolute atomic E-state index is 0.103. The van der Waals surface area contributed by atoms with Crippen molar-refractivity contribution < 1.29 is 66.7 Å². The van der Waals surface area contributed by atoms with Gasteiger partial charge in [0.05, 0.1) is 57.2 Å². The first-order chi connectivity index (χ1) is 46.7. The molecule has 5 aromatic carbocycles. The van der Waals surface area contributed by atoms with Gasteiger partial charge in [-0.25, -0.2) is 0 Å². The van der Waals surface area contributed by atoms with E-state index in [-0.39, 0.29) is 32.0 Å². The number of nitrogens with zero attached hydrogens (tertiary/aromatic N) is 3. The summed E-state index contributed by atoms with van der Waals surface area (Å²) in [5, 5.41) is 20.5. The van der Waals surface area contributed by atoms with Crippen LogP contribution in [0.3, 0.4) is 0 Å². The molecular weight excluding hydrogens is 1260 g/mol. The van der Waals surface area contributed by atoms with E-state index in [9.17, 15) is 19.2 Å². The van der Waals surface area contributed by atoms with E-state index < -0.39 is 101 Å². The van der Waals surface area contributed by atoms with E-state index in [2.05, 4.69) is 60.1 Å². The average Bonchev–Trinajstić information content (AvgIpc) is 0.813. The van der Waals surface area contributed by atoms with Crippen LogP contribution in [-0.4, -0.2) is 142 Å². The molecule has 1 unspecified atom stereocenters. The molecule has 24 heteroatoms. The maximum Gasteiger partial charge on any atom is 0.308 e. The molecule has 0 heterocycles. The molecule has 5 rings (SSSR count). The first-order valence-corrected chi connectivity index (χ1v) is 33.6. The fourth-order valence-corrected chi connectivity index (χ4v) is 10.8.